The molecule has 2 aromatic heterocycles. The zero-order valence-electron chi connectivity index (χ0n) is 19.2. The average Bonchev–Trinajstić information content (AvgIpc) is 3.29. The molecule has 5 rings (SSSR count). The molecule has 0 spiro atoms. The van der Waals surface area contributed by atoms with E-state index >= 15 is 0 Å². The molecule has 0 saturated carbocycles. The molecule has 0 radical (unpaired) electrons. The minimum Gasteiger partial charge on any atom is -0.496 e. The Kier molecular flexibility index (Phi) is 6.02. The summed E-state index contributed by atoms with van der Waals surface area (Å²) < 4.78 is 17.0. The van der Waals surface area contributed by atoms with Crippen molar-refractivity contribution in [2.45, 2.75) is 0 Å². The second-order valence-corrected chi connectivity index (χ2v) is 8.46. The van der Waals surface area contributed by atoms with E-state index in [1.54, 1.807) is 38.5 Å². The van der Waals surface area contributed by atoms with E-state index in [1.165, 1.54) is 24.8 Å². The van der Waals surface area contributed by atoms with Crippen LogP contribution < -0.4 is 24.8 Å². The topological polar surface area (TPSA) is 107 Å². The highest BCUT2D eigenvalue weighted by Crippen LogP contribution is 2.36. The number of rotatable bonds is 7. The first-order chi connectivity index (χ1) is 17.1. The number of nitrogens with zero attached hydrogens (tertiary/aromatic N) is 3. The molecular formula is C25H21N5O4S. The number of thiazole rings is 1. The number of aromatic nitrogens is 3. The lowest BCUT2D eigenvalue weighted by Crippen LogP contribution is -2.12. The van der Waals surface area contributed by atoms with Crippen LogP contribution >= 0.6 is 11.3 Å². The van der Waals surface area contributed by atoms with Crippen LogP contribution in [0.15, 0.2) is 60.9 Å². The molecule has 0 saturated heterocycles. The van der Waals surface area contributed by atoms with Gasteiger partial charge in [0.15, 0.2) is 16.6 Å². The van der Waals surface area contributed by atoms with Gasteiger partial charge >= 0.3 is 0 Å². The van der Waals surface area contributed by atoms with Crippen LogP contribution in [0.3, 0.4) is 0 Å². The van der Waals surface area contributed by atoms with E-state index in [4.69, 9.17) is 14.2 Å². The molecule has 1 amide bonds. The monoisotopic (exact) mass is 487 g/mol. The Bertz CT molecular complexity index is 1550. The van der Waals surface area contributed by atoms with Crippen LogP contribution in [0.4, 0.5) is 16.6 Å². The summed E-state index contributed by atoms with van der Waals surface area (Å²) in [6, 6.07) is 16.3. The summed E-state index contributed by atoms with van der Waals surface area (Å²) in [7, 11) is 4.70. The summed E-state index contributed by atoms with van der Waals surface area (Å²) in [5, 5.41) is 7.64. The Hall–Kier alpha value is -4.44. The second-order valence-electron chi connectivity index (χ2n) is 7.43. The van der Waals surface area contributed by atoms with Gasteiger partial charge in [0.1, 0.15) is 17.9 Å². The Morgan fingerprint density at radius 3 is 2.43 bits per heavy atom. The smallest absolute Gasteiger partial charge is 0.259 e. The van der Waals surface area contributed by atoms with Crippen LogP contribution in [0.5, 0.6) is 17.2 Å². The normalized spacial score (nSPS) is 10.8. The van der Waals surface area contributed by atoms with Gasteiger partial charge in [-0.2, -0.15) is 0 Å². The SMILES string of the molecule is COc1cc2ncnc(Nc3nc4ccc(NC(=O)c5ccccc5OC)cc4s3)c2cc1OC. The van der Waals surface area contributed by atoms with Crippen molar-refractivity contribution in [1.29, 1.82) is 0 Å². The third-order valence-electron chi connectivity index (χ3n) is 5.36. The first-order valence-corrected chi connectivity index (χ1v) is 11.4. The molecule has 0 aliphatic carbocycles. The quantitative estimate of drug-likeness (QED) is 0.320. The predicted molar refractivity (Wildman–Crippen MR) is 136 cm³/mol. The number of methoxy groups -OCH3 is 3. The number of hydrogen-bond donors (Lipinski definition) is 2. The van der Waals surface area contributed by atoms with Crippen LogP contribution in [-0.2, 0) is 0 Å². The van der Waals surface area contributed by atoms with Gasteiger partial charge in [-0.3, -0.25) is 4.79 Å². The van der Waals surface area contributed by atoms with Crippen molar-refractivity contribution in [3.63, 3.8) is 0 Å². The Balaban J connectivity index is 1.42. The lowest BCUT2D eigenvalue weighted by atomic mass is 10.2. The minimum atomic E-state index is -0.249. The maximum Gasteiger partial charge on any atom is 0.259 e. The molecule has 0 bridgehead atoms. The van der Waals surface area contributed by atoms with Crippen LogP contribution in [0.2, 0.25) is 0 Å². The molecule has 0 fully saturated rings. The number of hydrogen-bond acceptors (Lipinski definition) is 9. The molecule has 0 aliphatic rings. The predicted octanol–water partition coefficient (Wildman–Crippen LogP) is 5.26. The van der Waals surface area contributed by atoms with Crippen LogP contribution in [0.25, 0.3) is 21.1 Å². The lowest BCUT2D eigenvalue weighted by Gasteiger charge is -2.10. The molecular weight excluding hydrogens is 466 g/mol. The van der Waals surface area contributed by atoms with Gasteiger partial charge in [0.25, 0.3) is 5.91 Å². The number of nitrogens with one attached hydrogen (secondary N) is 2. The van der Waals surface area contributed by atoms with Gasteiger partial charge in [-0.25, -0.2) is 15.0 Å². The van der Waals surface area contributed by atoms with Crippen molar-refractivity contribution < 1.29 is 19.0 Å². The molecule has 0 atom stereocenters. The zero-order valence-corrected chi connectivity index (χ0v) is 20.0. The van der Waals surface area contributed by atoms with E-state index in [2.05, 4.69) is 25.6 Å². The molecule has 176 valence electrons. The molecule has 0 unspecified atom stereocenters. The number of fused-ring (bicyclic) bond motifs is 2. The van der Waals surface area contributed by atoms with Crippen LogP contribution in [0, 0.1) is 0 Å². The number of benzene rings is 3. The van der Waals surface area contributed by atoms with Crippen molar-refractivity contribution in [1.82, 2.24) is 15.0 Å². The molecule has 35 heavy (non-hydrogen) atoms. The number of para-hydroxylation sites is 1. The minimum absolute atomic E-state index is 0.249. The fourth-order valence-electron chi connectivity index (χ4n) is 3.67. The van der Waals surface area contributed by atoms with E-state index < -0.39 is 0 Å². The Morgan fingerprint density at radius 2 is 1.63 bits per heavy atom. The Morgan fingerprint density at radius 1 is 0.857 bits per heavy atom. The van der Waals surface area contributed by atoms with E-state index in [1.807, 2.05) is 30.3 Å². The van der Waals surface area contributed by atoms with E-state index in [0.29, 0.717) is 45.0 Å². The molecule has 3 aromatic carbocycles. The third-order valence-corrected chi connectivity index (χ3v) is 6.30. The van der Waals surface area contributed by atoms with Crippen molar-refractivity contribution in [2.75, 3.05) is 32.0 Å². The van der Waals surface area contributed by atoms with Crippen LogP contribution in [0.1, 0.15) is 10.4 Å². The summed E-state index contributed by atoms with van der Waals surface area (Å²) >= 11 is 1.45. The maximum absolute atomic E-state index is 12.7. The maximum atomic E-state index is 12.7. The number of amides is 1. The summed E-state index contributed by atoms with van der Waals surface area (Å²) in [5.74, 6) is 2.04. The summed E-state index contributed by atoms with van der Waals surface area (Å²) in [6.45, 7) is 0. The third kappa shape index (κ3) is 4.38. The van der Waals surface area contributed by atoms with Gasteiger partial charge in [0.05, 0.1) is 42.6 Å². The molecule has 10 heteroatoms. The van der Waals surface area contributed by atoms with Crippen molar-refractivity contribution in [3.8, 4) is 17.2 Å². The fraction of sp³-hybridized carbons (Fsp3) is 0.120. The number of ether oxygens (including phenoxy) is 3. The summed E-state index contributed by atoms with van der Waals surface area (Å²) in [6.07, 6.45) is 1.48. The molecule has 0 aliphatic heterocycles. The van der Waals surface area contributed by atoms with Gasteiger partial charge in [-0.1, -0.05) is 23.5 Å². The van der Waals surface area contributed by atoms with Gasteiger partial charge in [0, 0.05) is 17.1 Å². The highest BCUT2D eigenvalue weighted by molar-refractivity contribution is 7.22. The molecule has 5 aromatic rings. The summed E-state index contributed by atoms with van der Waals surface area (Å²) in [4.78, 5) is 26.1. The molecule has 2 heterocycles. The number of carbonyl (C=O) groups excluding carboxylic acids is 1. The molecule has 2 N–H and O–H groups in total. The van der Waals surface area contributed by atoms with E-state index in [0.717, 1.165) is 15.6 Å². The van der Waals surface area contributed by atoms with E-state index in [-0.39, 0.29) is 5.91 Å². The largest absolute Gasteiger partial charge is 0.496 e. The summed E-state index contributed by atoms with van der Waals surface area (Å²) in [5.41, 5.74) is 2.63. The highest BCUT2D eigenvalue weighted by Gasteiger charge is 2.15. The first-order valence-electron chi connectivity index (χ1n) is 10.6. The van der Waals surface area contributed by atoms with Crippen molar-refractivity contribution in [2.24, 2.45) is 0 Å². The second kappa shape index (κ2) is 9.43. The average molecular weight is 488 g/mol. The lowest BCUT2D eigenvalue weighted by molar-refractivity contribution is 0.102. The number of anilines is 3. The van der Waals surface area contributed by atoms with Gasteiger partial charge in [-0.05, 0) is 36.4 Å². The van der Waals surface area contributed by atoms with Crippen molar-refractivity contribution in [3.05, 3.63) is 66.5 Å². The van der Waals surface area contributed by atoms with Crippen molar-refractivity contribution >= 4 is 55.0 Å². The van der Waals surface area contributed by atoms with E-state index in [9.17, 15) is 4.79 Å². The number of carbonyl (C=O) groups is 1. The van der Waals surface area contributed by atoms with Gasteiger partial charge < -0.3 is 24.8 Å². The fourth-order valence-corrected chi connectivity index (χ4v) is 4.57. The Labute approximate surface area is 204 Å². The van der Waals surface area contributed by atoms with Gasteiger partial charge in [-0.15, -0.1) is 0 Å². The molecule has 9 nitrogen and oxygen atoms in total. The highest BCUT2D eigenvalue weighted by atomic mass is 32.1. The standard InChI is InChI=1S/C25H21N5O4S/c1-32-19-7-5-4-6-15(19)24(31)28-14-8-9-17-22(10-14)35-25(29-17)30-23-16-11-20(33-2)21(34-3)12-18(16)26-13-27-23/h4-13H,1-3H3,(H,28,31)(H,26,27,29,30). The first kappa shape index (κ1) is 22.4. The van der Waals surface area contributed by atoms with Gasteiger partial charge in [0.2, 0.25) is 0 Å². The van der Waals surface area contributed by atoms with Crippen LogP contribution in [-0.4, -0.2) is 42.2 Å². The zero-order chi connectivity index (χ0) is 24.4.